The van der Waals surface area contributed by atoms with Crippen molar-refractivity contribution in [2.24, 2.45) is 0 Å². The van der Waals surface area contributed by atoms with E-state index in [4.69, 9.17) is 19.4 Å². The van der Waals surface area contributed by atoms with Gasteiger partial charge in [-0.3, -0.25) is 0 Å². The Kier molecular flexibility index (Phi) is 6.78. The van der Waals surface area contributed by atoms with Crippen LogP contribution in [0, 0.1) is 0 Å². The Hall–Kier alpha value is -6.91. The molecule has 0 bridgehead atoms. The molecule has 238 valence electrons. The SMILES string of the molecule is c1ccc(-c2cccc(-c3nc(-c4ccc5ccccc5c4)nc(-c4ccc(-c5ccccc5)c5oc6c7ccccc7ccc6c45)n3)c2)cc1. The molecule has 0 fully saturated rings. The minimum absolute atomic E-state index is 0.591. The largest absolute Gasteiger partial charge is 0.455 e. The first-order valence-corrected chi connectivity index (χ1v) is 17.1. The minimum atomic E-state index is 0.591. The summed E-state index contributed by atoms with van der Waals surface area (Å²) in [5.41, 5.74) is 8.75. The second-order valence-electron chi connectivity index (χ2n) is 12.8. The summed E-state index contributed by atoms with van der Waals surface area (Å²) < 4.78 is 6.88. The van der Waals surface area contributed by atoms with Gasteiger partial charge in [-0.25, -0.2) is 15.0 Å². The van der Waals surface area contributed by atoms with Crippen molar-refractivity contribution in [1.82, 2.24) is 15.0 Å². The summed E-state index contributed by atoms with van der Waals surface area (Å²) in [6, 6.07) is 60.9. The molecule has 51 heavy (non-hydrogen) atoms. The summed E-state index contributed by atoms with van der Waals surface area (Å²) >= 11 is 0. The summed E-state index contributed by atoms with van der Waals surface area (Å²) in [5.74, 6) is 1.82. The third-order valence-electron chi connectivity index (χ3n) is 9.71. The van der Waals surface area contributed by atoms with Crippen LogP contribution in [-0.2, 0) is 0 Å². The lowest BCUT2D eigenvalue weighted by Gasteiger charge is -2.12. The Morgan fingerprint density at radius 2 is 0.902 bits per heavy atom. The lowest BCUT2D eigenvalue weighted by molar-refractivity contribution is 0.674. The van der Waals surface area contributed by atoms with Gasteiger partial charge in [0, 0.05) is 38.4 Å². The number of furan rings is 1. The highest BCUT2D eigenvalue weighted by molar-refractivity contribution is 6.21. The van der Waals surface area contributed by atoms with Gasteiger partial charge in [0.1, 0.15) is 11.2 Å². The van der Waals surface area contributed by atoms with Gasteiger partial charge in [-0.15, -0.1) is 0 Å². The number of benzene rings is 8. The molecule has 0 aliphatic carbocycles. The topological polar surface area (TPSA) is 51.8 Å². The Morgan fingerprint density at radius 3 is 1.71 bits per heavy atom. The fourth-order valence-electron chi connectivity index (χ4n) is 7.19. The van der Waals surface area contributed by atoms with Crippen LogP contribution in [0.4, 0.5) is 0 Å². The molecule has 0 amide bonds. The van der Waals surface area contributed by atoms with E-state index in [0.29, 0.717) is 17.5 Å². The smallest absolute Gasteiger partial charge is 0.164 e. The van der Waals surface area contributed by atoms with E-state index in [-0.39, 0.29) is 0 Å². The fourth-order valence-corrected chi connectivity index (χ4v) is 7.19. The monoisotopic (exact) mass is 651 g/mol. The lowest BCUT2D eigenvalue weighted by atomic mass is 9.97. The van der Waals surface area contributed by atoms with Gasteiger partial charge < -0.3 is 4.42 Å². The van der Waals surface area contributed by atoms with E-state index in [1.807, 2.05) is 12.1 Å². The minimum Gasteiger partial charge on any atom is -0.455 e. The van der Waals surface area contributed by atoms with E-state index in [9.17, 15) is 0 Å². The average molecular weight is 652 g/mol. The zero-order valence-electron chi connectivity index (χ0n) is 27.5. The Bertz CT molecular complexity index is 2910. The van der Waals surface area contributed by atoms with Crippen molar-refractivity contribution >= 4 is 43.5 Å². The number of hydrogen-bond acceptors (Lipinski definition) is 4. The Labute approximate surface area is 294 Å². The molecule has 0 N–H and O–H groups in total. The van der Waals surface area contributed by atoms with Gasteiger partial charge in [0.2, 0.25) is 0 Å². The van der Waals surface area contributed by atoms with Crippen molar-refractivity contribution in [3.05, 3.63) is 176 Å². The number of aromatic nitrogens is 3. The molecule has 2 aromatic heterocycles. The molecule has 0 aliphatic heterocycles. The fraction of sp³-hybridized carbons (Fsp3) is 0. The van der Waals surface area contributed by atoms with E-state index < -0.39 is 0 Å². The predicted molar refractivity (Wildman–Crippen MR) is 209 cm³/mol. The van der Waals surface area contributed by atoms with Crippen molar-refractivity contribution in [3.63, 3.8) is 0 Å². The molecular weight excluding hydrogens is 623 g/mol. The van der Waals surface area contributed by atoms with Gasteiger partial charge in [0.25, 0.3) is 0 Å². The number of rotatable bonds is 5. The summed E-state index contributed by atoms with van der Waals surface area (Å²) in [6.07, 6.45) is 0. The first-order chi connectivity index (χ1) is 25.3. The van der Waals surface area contributed by atoms with E-state index in [1.54, 1.807) is 0 Å². The van der Waals surface area contributed by atoms with Crippen molar-refractivity contribution in [2.75, 3.05) is 0 Å². The van der Waals surface area contributed by atoms with Crippen LogP contribution >= 0.6 is 0 Å². The van der Waals surface area contributed by atoms with Crippen LogP contribution < -0.4 is 0 Å². The van der Waals surface area contributed by atoms with Crippen LogP contribution in [0.1, 0.15) is 0 Å². The zero-order valence-corrected chi connectivity index (χ0v) is 27.5. The van der Waals surface area contributed by atoms with Crippen LogP contribution in [-0.4, -0.2) is 15.0 Å². The maximum Gasteiger partial charge on any atom is 0.164 e. The van der Waals surface area contributed by atoms with Crippen molar-refractivity contribution in [1.29, 1.82) is 0 Å². The highest BCUT2D eigenvalue weighted by Gasteiger charge is 2.22. The van der Waals surface area contributed by atoms with Crippen LogP contribution in [0.5, 0.6) is 0 Å². The maximum absolute atomic E-state index is 6.88. The quantitative estimate of drug-likeness (QED) is 0.186. The van der Waals surface area contributed by atoms with Gasteiger partial charge in [-0.05, 0) is 63.2 Å². The standard InChI is InChI=1S/C47H29N3O/c1-3-12-30(13-4-1)35-19-11-20-36(28-35)45-48-46(37-23-22-31-14-7-8-18-34(31)29-37)50-47(49-45)41-27-26-39(32-15-5-2-6-16-32)44-42(41)40-25-24-33-17-9-10-21-38(33)43(40)51-44/h1-29H. The third-order valence-corrected chi connectivity index (χ3v) is 9.71. The molecule has 0 saturated heterocycles. The molecule has 0 saturated carbocycles. The van der Waals surface area contributed by atoms with Gasteiger partial charge in [-0.1, -0.05) is 146 Å². The van der Waals surface area contributed by atoms with E-state index in [1.165, 1.54) is 5.39 Å². The van der Waals surface area contributed by atoms with Gasteiger partial charge in [0.05, 0.1) is 0 Å². The van der Waals surface area contributed by atoms with E-state index in [0.717, 1.165) is 77.0 Å². The van der Waals surface area contributed by atoms with Crippen molar-refractivity contribution in [3.8, 4) is 56.4 Å². The average Bonchev–Trinajstić information content (AvgIpc) is 3.61. The number of nitrogens with zero attached hydrogens (tertiary/aromatic N) is 3. The molecule has 4 nitrogen and oxygen atoms in total. The molecule has 0 radical (unpaired) electrons. The van der Waals surface area contributed by atoms with E-state index >= 15 is 0 Å². The predicted octanol–water partition coefficient (Wildman–Crippen LogP) is 12.4. The van der Waals surface area contributed by atoms with Gasteiger partial charge in [-0.2, -0.15) is 0 Å². The van der Waals surface area contributed by atoms with Crippen LogP contribution in [0.3, 0.4) is 0 Å². The number of hydrogen-bond donors (Lipinski definition) is 0. The van der Waals surface area contributed by atoms with Gasteiger partial charge >= 0.3 is 0 Å². The normalized spacial score (nSPS) is 11.5. The maximum atomic E-state index is 6.88. The third kappa shape index (κ3) is 5.04. The first kappa shape index (κ1) is 29.0. The highest BCUT2D eigenvalue weighted by atomic mass is 16.3. The summed E-state index contributed by atoms with van der Waals surface area (Å²) in [6.45, 7) is 0. The highest BCUT2D eigenvalue weighted by Crippen LogP contribution is 2.43. The molecule has 10 aromatic rings. The first-order valence-electron chi connectivity index (χ1n) is 17.1. The lowest BCUT2D eigenvalue weighted by Crippen LogP contribution is -2.01. The second kappa shape index (κ2) is 11.9. The van der Waals surface area contributed by atoms with Crippen molar-refractivity contribution < 1.29 is 4.42 Å². The van der Waals surface area contributed by atoms with E-state index in [2.05, 4.69) is 164 Å². The molecule has 10 rings (SSSR count). The van der Waals surface area contributed by atoms with Crippen LogP contribution in [0.25, 0.3) is 99.9 Å². The summed E-state index contributed by atoms with van der Waals surface area (Å²) in [5, 5.41) is 6.51. The molecule has 0 atom stereocenters. The zero-order chi connectivity index (χ0) is 33.7. The summed E-state index contributed by atoms with van der Waals surface area (Å²) in [7, 11) is 0. The molecule has 4 heteroatoms. The van der Waals surface area contributed by atoms with Crippen molar-refractivity contribution in [2.45, 2.75) is 0 Å². The molecule has 2 heterocycles. The Morgan fingerprint density at radius 1 is 0.314 bits per heavy atom. The molecular formula is C47H29N3O. The summed E-state index contributed by atoms with van der Waals surface area (Å²) in [4.78, 5) is 15.6. The molecule has 0 unspecified atom stereocenters. The van der Waals surface area contributed by atoms with Crippen LogP contribution in [0.15, 0.2) is 180 Å². The molecule has 0 spiro atoms. The van der Waals surface area contributed by atoms with Gasteiger partial charge in [0.15, 0.2) is 17.5 Å². The molecule has 8 aromatic carbocycles. The number of fused-ring (bicyclic) bond motifs is 6. The molecule has 0 aliphatic rings. The van der Waals surface area contributed by atoms with Crippen LogP contribution in [0.2, 0.25) is 0 Å². The second-order valence-corrected chi connectivity index (χ2v) is 12.8. The Balaban J connectivity index is 1.26.